The van der Waals surface area contributed by atoms with Crippen molar-refractivity contribution >= 4 is 23.0 Å². The molecular formula is C18H20N2OS. The molecule has 0 saturated heterocycles. The Labute approximate surface area is 137 Å². The fourth-order valence-electron chi connectivity index (χ4n) is 2.07. The van der Waals surface area contributed by atoms with Crippen LogP contribution in [-0.2, 0) is 4.74 Å². The van der Waals surface area contributed by atoms with Gasteiger partial charge < -0.3 is 15.4 Å². The SMILES string of the molecule is C=COCCCNC(=S)Nc1ccccc1-c1ccccc1. The molecule has 2 aromatic rings. The molecule has 22 heavy (non-hydrogen) atoms. The second kappa shape index (κ2) is 8.85. The molecule has 0 saturated carbocycles. The number of ether oxygens (including phenoxy) is 1. The van der Waals surface area contributed by atoms with E-state index in [2.05, 4.69) is 35.4 Å². The number of nitrogens with one attached hydrogen (secondary N) is 2. The second-order valence-electron chi connectivity index (χ2n) is 4.68. The van der Waals surface area contributed by atoms with E-state index in [0.29, 0.717) is 11.7 Å². The van der Waals surface area contributed by atoms with E-state index >= 15 is 0 Å². The summed E-state index contributed by atoms with van der Waals surface area (Å²) in [4.78, 5) is 0. The van der Waals surface area contributed by atoms with Crippen molar-refractivity contribution in [2.45, 2.75) is 6.42 Å². The van der Waals surface area contributed by atoms with Crippen LogP contribution >= 0.6 is 12.2 Å². The molecule has 0 aliphatic carbocycles. The second-order valence-corrected chi connectivity index (χ2v) is 5.09. The summed E-state index contributed by atoms with van der Waals surface area (Å²) >= 11 is 5.34. The van der Waals surface area contributed by atoms with Crippen LogP contribution in [-0.4, -0.2) is 18.3 Å². The van der Waals surface area contributed by atoms with Crippen molar-refractivity contribution in [2.24, 2.45) is 0 Å². The lowest BCUT2D eigenvalue weighted by Gasteiger charge is -2.14. The monoisotopic (exact) mass is 312 g/mol. The van der Waals surface area contributed by atoms with Gasteiger partial charge in [0.1, 0.15) is 0 Å². The summed E-state index contributed by atoms with van der Waals surface area (Å²) in [5, 5.41) is 7.05. The first-order valence-corrected chi connectivity index (χ1v) is 7.64. The van der Waals surface area contributed by atoms with Crippen LogP contribution in [0.15, 0.2) is 67.4 Å². The highest BCUT2D eigenvalue weighted by atomic mass is 32.1. The molecule has 0 unspecified atom stereocenters. The molecule has 0 aliphatic heterocycles. The Morgan fingerprint density at radius 1 is 1.09 bits per heavy atom. The van der Waals surface area contributed by atoms with Crippen LogP contribution in [0.25, 0.3) is 11.1 Å². The average Bonchev–Trinajstić information content (AvgIpc) is 2.56. The summed E-state index contributed by atoms with van der Waals surface area (Å²) in [6.45, 7) is 4.90. The van der Waals surface area contributed by atoms with E-state index in [4.69, 9.17) is 17.0 Å². The summed E-state index contributed by atoms with van der Waals surface area (Å²) in [6, 6.07) is 18.4. The van der Waals surface area contributed by atoms with Gasteiger partial charge in [-0.05, 0) is 30.3 Å². The van der Waals surface area contributed by atoms with Gasteiger partial charge in [0.15, 0.2) is 5.11 Å². The van der Waals surface area contributed by atoms with Crippen molar-refractivity contribution in [1.29, 1.82) is 0 Å². The molecule has 0 spiro atoms. The first kappa shape index (κ1) is 16.0. The summed E-state index contributed by atoms with van der Waals surface area (Å²) < 4.78 is 5.07. The van der Waals surface area contributed by atoms with Crippen LogP contribution in [0.3, 0.4) is 0 Å². The summed E-state index contributed by atoms with van der Waals surface area (Å²) in [7, 11) is 0. The molecule has 0 amide bonds. The highest BCUT2D eigenvalue weighted by molar-refractivity contribution is 7.80. The van der Waals surface area contributed by atoms with E-state index < -0.39 is 0 Å². The Bertz CT molecular complexity index is 613. The number of thiocarbonyl (C=S) groups is 1. The molecule has 2 N–H and O–H groups in total. The van der Waals surface area contributed by atoms with Crippen LogP contribution in [0.1, 0.15) is 6.42 Å². The Hall–Kier alpha value is -2.33. The van der Waals surface area contributed by atoms with E-state index in [9.17, 15) is 0 Å². The van der Waals surface area contributed by atoms with Crippen molar-refractivity contribution in [1.82, 2.24) is 5.32 Å². The Morgan fingerprint density at radius 2 is 1.82 bits per heavy atom. The molecule has 114 valence electrons. The molecule has 0 aromatic heterocycles. The molecule has 4 heteroatoms. The molecule has 0 aliphatic rings. The fraction of sp³-hybridized carbons (Fsp3) is 0.167. The normalized spacial score (nSPS) is 9.82. The smallest absolute Gasteiger partial charge is 0.170 e. The van der Waals surface area contributed by atoms with Gasteiger partial charge in [0.2, 0.25) is 0 Å². The lowest BCUT2D eigenvalue weighted by molar-refractivity contribution is 0.247. The highest BCUT2D eigenvalue weighted by Gasteiger charge is 2.05. The van der Waals surface area contributed by atoms with Crippen LogP contribution in [0.5, 0.6) is 0 Å². The van der Waals surface area contributed by atoms with Crippen molar-refractivity contribution < 1.29 is 4.74 Å². The largest absolute Gasteiger partial charge is 0.502 e. The van der Waals surface area contributed by atoms with Gasteiger partial charge in [-0.25, -0.2) is 0 Å². The van der Waals surface area contributed by atoms with Gasteiger partial charge in [0, 0.05) is 17.8 Å². The van der Waals surface area contributed by atoms with Gasteiger partial charge >= 0.3 is 0 Å². The highest BCUT2D eigenvalue weighted by Crippen LogP contribution is 2.27. The Balaban J connectivity index is 1.95. The molecule has 0 heterocycles. The minimum Gasteiger partial charge on any atom is -0.502 e. The molecule has 3 nitrogen and oxygen atoms in total. The van der Waals surface area contributed by atoms with Crippen molar-refractivity contribution in [2.75, 3.05) is 18.5 Å². The maximum Gasteiger partial charge on any atom is 0.170 e. The summed E-state index contributed by atoms with van der Waals surface area (Å²) in [5.41, 5.74) is 3.28. The molecule has 2 aromatic carbocycles. The van der Waals surface area contributed by atoms with Crippen molar-refractivity contribution in [3.8, 4) is 11.1 Å². The predicted molar refractivity (Wildman–Crippen MR) is 96.9 cm³/mol. The van der Waals surface area contributed by atoms with Crippen LogP contribution in [0.2, 0.25) is 0 Å². The van der Waals surface area contributed by atoms with E-state index in [1.165, 1.54) is 6.26 Å². The van der Waals surface area contributed by atoms with Crippen LogP contribution < -0.4 is 10.6 Å². The minimum atomic E-state index is 0.613. The molecule has 0 radical (unpaired) electrons. The van der Waals surface area contributed by atoms with Gasteiger partial charge in [-0.15, -0.1) is 0 Å². The van der Waals surface area contributed by atoms with Crippen molar-refractivity contribution in [3.63, 3.8) is 0 Å². The zero-order valence-corrected chi connectivity index (χ0v) is 13.2. The van der Waals surface area contributed by atoms with E-state index in [1.54, 1.807) is 0 Å². The first-order valence-electron chi connectivity index (χ1n) is 7.23. The van der Waals surface area contributed by atoms with Gasteiger partial charge in [-0.2, -0.15) is 0 Å². The van der Waals surface area contributed by atoms with Crippen molar-refractivity contribution in [3.05, 3.63) is 67.4 Å². The topological polar surface area (TPSA) is 33.3 Å². The quantitative estimate of drug-likeness (QED) is 0.456. The molecular weight excluding hydrogens is 292 g/mol. The zero-order valence-electron chi connectivity index (χ0n) is 12.4. The average molecular weight is 312 g/mol. The maximum atomic E-state index is 5.34. The van der Waals surface area contributed by atoms with Crippen LogP contribution in [0, 0.1) is 0 Å². The number of hydrogen-bond donors (Lipinski definition) is 2. The van der Waals surface area contributed by atoms with E-state index in [1.807, 2.05) is 36.4 Å². The Morgan fingerprint density at radius 3 is 2.59 bits per heavy atom. The maximum absolute atomic E-state index is 5.34. The molecule has 0 fully saturated rings. The van der Waals surface area contributed by atoms with Crippen LogP contribution in [0.4, 0.5) is 5.69 Å². The fourth-order valence-corrected chi connectivity index (χ4v) is 2.28. The minimum absolute atomic E-state index is 0.613. The predicted octanol–water partition coefficient (Wildman–Crippen LogP) is 4.19. The van der Waals surface area contributed by atoms with Gasteiger partial charge in [0.05, 0.1) is 12.9 Å². The molecule has 2 rings (SSSR count). The number of hydrogen-bond acceptors (Lipinski definition) is 2. The van der Waals surface area contributed by atoms with E-state index in [0.717, 1.165) is 29.8 Å². The van der Waals surface area contributed by atoms with Gasteiger partial charge in [0.25, 0.3) is 0 Å². The third-order valence-electron chi connectivity index (χ3n) is 3.10. The number of anilines is 1. The molecule has 0 atom stereocenters. The van der Waals surface area contributed by atoms with Gasteiger partial charge in [-0.1, -0.05) is 55.1 Å². The standard InChI is InChI=1S/C18H20N2OS/c1-2-21-14-8-13-19-18(22)20-17-12-7-6-11-16(17)15-9-4-3-5-10-15/h2-7,9-12H,1,8,13-14H2,(H2,19,20,22). The summed E-state index contributed by atoms with van der Waals surface area (Å²) in [5.74, 6) is 0. The molecule has 0 bridgehead atoms. The zero-order chi connectivity index (χ0) is 15.6. The number of rotatable bonds is 7. The Kier molecular flexibility index (Phi) is 6.45. The van der Waals surface area contributed by atoms with Gasteiger partial charge in [-0.3, -0.25) is 0 Å². The first-order chi connectivity index (χ1) is 10.8. The third-order valence-corrected chi connectivity index (χ3v) is 3.35. The van der Waals surface area contributed by atoms with E-state index in [-0.39, 0.29) is 0 Å². The number of para-hydroxylation sites is 1. The lowest BCUT2D eigenvalue weighted by Crippen LogP contribution is -2.29. The lowest BCUT2D eigenvalue weighted by atomic mass is 10.0. The third kappa shape index (κ3) is 4.90. The summed E-state index contributed by atoms with van der Waals surface area (Å²) in [6.07, 6.45) is 2.32. The number of benzene rings is 2.